The van der Waals surface area contributed by atoms with Gasteiger partial charge in [0.05, 0.1) is 25.4 Å². The Morgan fingerprint density at radius 2 is 1.24 bits per heavy atom. The summed E-state index contributed by atoms with van der Waals surface area (Å²) in [5.41, 5.74) is 5.42. The van der Waals surface area contributed by atoms with E-state index in [9.17, 15) is 22.8 Å². The first-order valence-electron chi connectivity index (χ1n) is 18.5. The van der Waals surface area contributed by atoms with E-state index in [2.05, 4.69) is 61.7 Å². The van der Waals surface area contributed by atoms with E-state index in [-0.39, 0.29) is 37.1 Å². The van der Waals surface area contributed by atoms with Crippen LogP contribution in [-0.2, 0) is 31.9 Å². The van der Waals surface area contributed by atoms with Crippen LogP contribution in [0.3, 0.4) is 0 Å². The van der Waals surface area contributed by atoms with Gasteiger partial charge < -0.3 is 14.6 Å². The van der Waals surface area contributed by atoms with Gasteiger partial charge in [-0.05, 0) is 97.8 Å². The van der Waals surface area contributed by atoms with Crippen molar-refractivity contribution in [1.29, 1.82) is 0 Å². The van der Waals surface area contributed by atoms with Crippen molar-refractivity contribution in [3.05, 3.63) is 84.0 Å². The maximum absolute atomic E-state index is 12.4. The van der Waals surface area contributed by atoms with Crippen LogP contribution in [0.25, 0.3) is 11.1 Å². The summed E-state index contributed by atoms with van der Waals surface area (Å²) in [4.78, 5) is 23.9. The number of hydrogen-bond donors (Lipinski definition) is 1. The third-order valence-corrected chi connectivity index (χ3v) is 10.2. The highest BCUT2D eigenvalue weighted by Gasteiger charge is 2.27. The molecule has 1 N–H and O–H groups in total. The minimum Gasteiger partial charge on any atom is -0.462 e. The van der Waals surface area contributed by atoms with Crippen molar-refractivity contribution >= 4 is 11.9 Å². The molecule has 0 spiro atoms. The lowest BCUT2D eigenvalue weighted by Crippen LogP contribution is -2.16. The minimum absolute atomic E-state index is 0.0280. The molecule has 2 aromatic rings. The maximum atomic E-state index is 12.4. The fraction of sp³-hybridized carbons (Fsp3) is 0.571. The molecule has 0 aromatic heterocycles. The summed E-state index contributed by atoms with van der Waals surface area (Å²) in [6, 6.07) is 17.5. The second-order valence-electron chi connectivity index (χ2n) is 14.0. The molecule has 1 atom stereocenters. The Bertz CT molecular complexity index is 1290. The Balaban J connectivity index is 1.39. The summed E-state index contributed by atoms with van der Waals surface area (Å²) in [7, 11) is 0. The van der Waals surface area contributed by atoms with Crippen molar-refractivity contribution in [3.8, 4) is 11.1 Å². The number of aliphatic hydroxyl groups excluding tert-OH is 1. The van der Waals surface area contributed by atoms with Crippen LogP contribution in [0.15, 0.2) is 72.8 Å². The molecule has 1 fully saturated rings. The second-order valence-corrected chi connectivity index (χ2v) is 14.0. The number of esters is 2. The van der Waals surface area contributed by atoms with Crippen LogP contribution in [-0.4, -0.2) is 43.0 Å². The second kappa shape index (κ2) is 21.7. The fourth-order valence-electron chi connectivity index (χ4n) is 6.74. The molecule has 1 unspecified atom stereocenters. The normalized spacial score (nSPS) is 16.8. The molecule has 50 heavy (non-hydrogen) atoms. The van der Waals surface area contributed by atoms with Gasteiger partial charge in [0.15, 0.2) is 0 Å². The molecule has 0 aliphatic heterocycles. The Labute approximate surface area is 297 Å². The summed E-state index contributed by atoms with van der Waals surface area (Å²) >= 11 is 0. The van der Waals surface area contributed by atoms with Gasteiger partial charge in [0, 0.05) is 12.0 Å². The summed E-state index contributed by atoms with van der Waals surface area (Å²) in [6.45, 7) is 9.17. The average molecular weight is 699 g/mol. The molecule has 276 valence electrons. The zero-order chi connectivity index (χ0) is 36.4. The first-order chi connectivity index (χ1) is 24.0. The van der Waals surface area contributed by atoms with Crippen molar-refractivity contribution in [2.24, 2.45) is 17.8 Å². The molecule has 0 radical (unpaired) electrons. The topological polar surface area (TPSA) is 72.8 Å². The molecular weight excluding hydrogens is 641 g/mol. The van der Waals surface area contributed by atoms with Crippen LogP contribution in [0, 0.1) is 17.8 Å². The molecule has 0 heterocycles. The Morgan fingerprint density at radius 1 is 0.740 bits per heavy atom. The zero-order valence-electron chi connectivity index (χ0n) is 29.9. The smallest absolute Gasteiger partial charge is 0.389 e. The van der Waals surface area contributed by atoms with Crippen molar-refractivity contribution in [3.63, 3.8) is 0 Å². The fourth-order valence-corrected chi connectivity index (χ4v) is 6.74. The highest BCUT2D eigenvalue weighted by atomic mass is 19.4. The highest BCUT2D eigenvalue weighted by molar-refractivity contribution is 5.88. The molecule has 2 aromatic carbocycles. The quantitative estimate of drug-likeness (QED) is 0.0753. The van der Waals surface area contributed by atoms with Gasteiger partial charge in [-0.2, -0.15) is 13.2 Å². The van der Waals surface area contributed by atoms with Gasteiger partial charge in [-0.3, -0.25) is 0 Å². The summed E-state index contributed by atoms with van der Waals surface area (Å²) in [5, 5.41) is 9.09. The largest absolute Gasteiger partial charge is 0.462 e. The van der Waals surface area contributed by atoms with Crippen LogP contribution in [0.1, 0.15) is 108 Å². The molecule has 8 heteroatoms. The van der Waals surface area contributed by atoms with Crippen molar-refractivity contribution in [2.75, 3.05) is 19.8 Å². The van der Waals surface area contributed by atoms with E-state index in [1.165, 1.54) is 41.5 Å². The van der Waals surface area contributed by atoms with Crippen LogP contribution in [0.4, 0.5) is 13.2 Å². The third kappa shape index (κ3) is 15.7. The molecule has 0 bridgehead atoms. The predicted octanol–water partition coefficient (Wildman–Crippen LogP) is 10.5. The number of rotatable bonds is 22. The minimum atomic E-state index is -4.03. The highest BCUT2D eigenvalue weighted by Crippen LogP contribution is 2.35. The van der Waals surface area contributed by atoms with Gasteiger partial charge in [0.1, 0.15) is 0 Å². The van der Waals surface area contributed by atoms with E-state index >= 15 is 0 Å². The third-order valence-electron chi connectivity index (χ3n) is 10.2. The lowest BCUT2D eigenvalue weighted by molar-refractivity contribution is -0.140. The van der Waals surface area contributed by atoms with Gasteiger partial charge in [-0.25, -0.2) is 9.59 Å². The number of alkyl halides is 3. The number of halogens is 3. The molecule has 3 rings (SSSR count). The molecule has 5 nitrogen and oxygen atoms in total. The maximum Gasteiger partial charge on any atom is 0.389 e. The monoisotopic (exact) mass is 698 g/mol. The van der Waals surface area contributed by atoms with E-state index in [0.29, 0.717) is 43.1 Å². The van der Waals surface area contributed by atoms with Crippen LogP contribution >= 0.6 is 0 Å². The lowest BCUT2D eigenvalue weighted by Gasteiger charge is -2.28. The molecule has 0 saturated heterocycles. The predicted molar refractivity (Wildman–Crippen MR) is 193 cm³/mol. The van der Waals surface area contributed by atoms with Crippen molar-refractivity contribution < 1.29 is 37.3 Å². The van der Waals surface area contributed by atoms with Gasteiger partial charge in [0.25, 0.3) is 0 Å². The average Bonchev–Trinajstić information content (AvgIpc) is 3.12. The first-order valence-corrected chi connectivity index (χ1v) is 18.5. The Hall–Kier alpha value is -3.39. The number of ether oxygens (including phenoxy) is 2. The van der Waals surface area contributed by atoms with E-state index in [4.69, 9.17) is 14.6 Å². The molecule has 0 amide bonds. The molecular formula is C42H57F3O5. The number of aryl methyl sites for hydroxylation is 2. The molecule has 1 aliphatic rings. The van der Waals surface area contributed by atoms with E-state index in [1.54, 1.807) is 0 Å². The zero-order valence-corrected chi connectivity index (χ0v) is 29.9. The number of carbonyl (C=O) groups is 2. The number of aliphatic hydroxyl groups is 1. The molecule has 1 saturated carbocycles. The van der Waals surface area contributed by atoms with Gasteiger partial charge in [-0.15, -0.1) is 0 Å². The van der Waals surface area contributed by atoms with Crippen LogP contribution in [0.2, 0.25) is 0 Å². The van der Waals surface area contributed by atoms with Gasteiger partial charge in [0.2, 0.25) is 0 Å². The number of hydrogen-bond acceptors (Lipinski definition) is 5. The SMILES string of the molecule is C=C(CC)C(=O)OCCC(CCCc1ccc(-c2ccc(CCC3CCC(CCCCC(F)(F)F)CC3)cc2)cc1)CCOC(=O)C(=C)CO. The Kier molecular flexibility index (Phi) is 17.8. The summed E-state index contributed by atoms with van der Waals surface area (Å²) < 4.78 is 47.8. The van der Waals surface area contributed by atoms with Gasteiger partial charge in [-0.1, -0.05) is 107 Å². The number of unbranched alkanes of at least 4 members (excludes halogenated alkanes) is 1. The van der Waals surface area contributed by atoms with Gasteiger partial charge >= 0.3 is 18.1 Å². The van der Waals surface area contributed by atoms with E-state index in [1.807, 2.05) is 6.92 Å². The van der Waals surface area contributed by atoms with Crippen molar-refractivity contribution in [2.45, 2.75) is 116 Å². The van der Waals surface area contributed by atoms with E-state index < -0.39 is 25.2 Å². The van der Waals surface area contributed by atoms with Crippen molar-refractivity contribution in [1.82, 2.24) is 0 Å². The summed E-state index contributed by atoms with van der Waals surface area (Å²) in [5.74, 6) is 0.539. The van der Waals surface area contributed by atoms with E-state index in [0.717, 1.165) is 44.9 Å². The first kappa shape index (κ1) is 41.0. The lowest BCUT2D eigenvalue weighted by atomic mass is 9.77. The number of carbonyl (C=O) groups excluding carboxylic acids is 2. The molecule has 1 aliphatic carbocycles. The standard InChI is InChI=1S/C42H57F3O5/c1-4-31(2)40(47)49-28-25-35(26-29-50-41(48)32(3)30-46)10-7-9-34-17-21-38(22-18-34)39-23-19-37(20-24-39)16-15-36-13-11-33(12-14-36)8-5-6-27-42(43,44)45/h17-24,33,35-36,46H,2-16,25-30H2,1H3. The number of benzene rings is 2. The van der Waals surface area contributed by atoms with Crippen LogP contribution < -0.4 is 0 Å². The Morgan fingerprint density at radius 3 is 1.74 bits per heavy atom. The van der Waals surface area contributed by atoms with Crippen LogP contribution in [0.5, 0.6) is 0 Å². The summed E-state index contributed by atoms with van der Waals surface area (Å²) in [6.07, 6.45) is 8.69.